The first-order chi connectivity index (χ1) is 17.0. The van der Waals surface area contributed by atoms with E-state index in [0.29, 0.717) is 5.56 Å². The number of aliphatic hydroxyl groups excluding tert-OH is 2. The molecule has 4 aromatic carbocycles. The highest BCUT2D eigenvalue weighted by Gasteiger charge is 2.29. The van der Waals surface area contributed by atoms with E-state index >= 15 is 0 Å². The Balaban J connectivity index is 1.14. The molecular weight excluding hydrogens is 442 g/mol. The van der Waals surface area contributed by atoms with Gasteiger partial charge in [-0.05, 0) is 63.2 Å². The third kappa shape index (κ3) is 4.71. The summed E-state index contributed by atoms with van der Waals surface area (Å²) in [6, 6.07) is 26.6. The molecule has 0 fully saturated rings. The third-order valence-corrected chi connectivity index (χ3v) is 6.61. The zero-order chi connectivity index (χ0) is 24.4. The van der Waals surface area contributed by atoms with Crippen LogP contribution in [-0.2, 0) is 4.74 Å². The van der Waals surface area contributed by atoms with Crippen molar-refractivity contribution in [2.75, 3.05) is 13.2 Å². The number of aromatic hydroxyl groups is 1. The molecule has 0 spiro atoms. The first-order valence-electron chi connectivity index (χ1n) is 11.7. The van der Waals surface area contributed by atoms with Crippen molar-refractivity contribution in [3.05, 3.63) is 102 Å². The Morgan fingerprint density at radius 3 is 2.23 bits per heavy atom. The predicted octanol–water partition coefficient (Wildman–Crippen LogP) is 4.87. The molecule has 1 aliphatic rings. The summed E-state index contributed by atoms with van der Waals surface area (Å²) in [4.78, 5) is 12.3. The van der Waals surface area contributed by atoms with Gasteiger partial charge in [-0.3, -0.25) is 0 Å². The minimum absolute atomic E-state index is 0.0205. The Bertz CT molecular complexity index is 1320. The van der Waals surface area contributed by atoms with Crippen molar-refractivity contribution in [2.24, 2.45) is 0 Å². The Morgan fingerprint density at radius 2 is 1.51 bits per heavy atom. The van der Waals surface area contributed by atoms with Crippen molar-refractivity contribution in [1.29, 1.82) is 0 Å². The fraction of sp³-hybridized carbons (Fsp3) is 0.207. The number of nitrogens with one attached hydrogen (secondary N) is 1. The van der Waals surface area contributed by atoms with Crippen molar-refractivity contribution in [3.63, 3.8) is 0 Å². The maximum Gasteiger partial charge on any atom is 0.407 e. The maximum atomic E-state index is 12.3. The van der Waals surface area contributed by atoms with Crippen LogP contribution in [0, 0.1) is 0 Å². The summed E-state index contributed by atoms with van der Waals surface area (Å²) in [5, 5.41) is 35.0. The number of ether oxygens (including phenoxy) is 1. The van der Waals surface area contributed by atoms with Crippen LogP contribution in [0.1, 0.15) is 35.1 Å². The number of rotatable bonds is 7. The zero-order valence-electron chi connectivity index (χ0n) is 19.1. The summed E-state index contributed by atoms with van der Waals surface area (Å²) in [5.41, 5.74) is 5.15. The van der Waals surface area contributed by atoms with Gasteiger partial charge in [0.2, 0.25) is 0 Å². The third-order valence-electron chi connectivity index (χ3n) is 6.61. The molecule has 1 aliphatic carbocycles. The van der Waals surface area contributed by atoms with Gasteiger partial charge < -0.3 is 25.4 Å². The van der Waals surface area contributed by atoms with Crippen molar-refractivity contribution in [3.8, 4) is 16.9 Å². The number of benzene rings is 4. The maximum absolute atomic E-state index is 12.3. The average Bonchev–Trinajstić information content (AvgIpc) is 3.20. The van der Waals surface area contributed by atoms with E-state index in [1.807, 2.05) is 30.3 Å². The van der Waals surface area contributed by atoms with E-state index in [1.54, 1.807) is 30.3 Å². The standard InChI is InChI=1S/C29H27NO5/c31-21-12-11-18-9-10-19(15-20(18)16-21)28(33)27(32)13-14-30-29(34)35-17-26-24-7-3-1-5-22(24)23-6-2-4-8-25(23)26/h1-12,15-16,26-28,31-33H,13-14,17H2,(H,30,34). The molecule has 0 aromatic heterocycles. The number of hydrogen-bond donors (Lipinski definition) is 4. The Hall–Kier alpha value is -3.87. The van der Waals surface area contributed by atoms with Gasteiger partial charge in [0.05, 0.1) is 6.10 Å². The van der Waals surface area contributed by atoms with Gasteiger partial charge in [-0.15, -0.1) is 0 Å². The lowest BCUT2D eigenvalue weighted by Crippen LogP contribution is -2.30. The number of amides is 1. The van der Waals surface area contributed by atoms with Gasteiger partial charge in [0.1, 0.15) is 18.5 Å². The molecule has 0 bridgehead atoms. The summed E-state index contributed by atoms with van der Waals surface area (Å²) >= 11 is 0. The molecule has 6 heteroatoms. The van der Waals surface area contributed by atoms with E-state index in [-0.39, 0.29) is 31.2 Å². The normalized spacial score (nSPS) is 14.2. The summed E-state index contributed by atoms with van der Waals surface area (Å²) < 4.78 is 5.51. The van der Waals surface area contributed by atoms with E-state index in [2.05, 4.69) is 29.6 Å². The molecule has 2 atom stereocenters. The van der Waals surface area contributed by atoms with Crippen LogP contribution in [0.3, 0.4) is 0 Å². The number of aliphatic hydroxyl groups is 2. The minimum Gasteiger partial charge on any atom is -0.508 e. The number of carbonyl (C=O) groups excluding carboxylic acids is 1. The van der Waals surface area contributed by atoms with Gasteiger partial charge >= 0.3 is 6.09 Å². The molecule has 5 rings (SSSR count). The number of hydrogen-bond acceptors (Lipinski definition) is 5. The van der Waals surface area contributed by atoms with Crippen LogP contribution in [0.25, 0.3) is 21.9 Å². The summed E-state index contributed by atoms with van der Waals surface area (Å²) in [7, 11) is 0. The highest BCUT2D eigenvalue weighted by molar-refractivity contribution is 5.84. The molecule has 2 unspecified atom stereocenters. The van der Waals surface area contributed by atoms with Gasteiger partial charge in [-0.25, -0.2) is 4.79 Å². The zero-order valence-corrected chi connectivity index (χ0v) is 19.1. The molecular formula is C29H27NO5. The summed E-state index contributed by atoms with van der Waals surface area (Å²) in [6.07, 6.45) is -2.59. The SMILES string of the molecule is O=C(NCCC(O)C(O)c1ccc2ccc(O)cc2c1)OCC1c2ccccc2-c2ccccc21. The van der Waals surface area contributed by atoms with Crippen molar-refractivity contribution >= 4 is 16.9 Å². The molecule has 178 valence electrons. The molecule has 1 amide bonds. The molecule has 6 nitrogen and oxygen atoms in total. The quantitative estimate of drug-likeness (QED) is 0.310. The lowest BCUT2D eigenvalue weighted by Gasteiger charge is -2.19. The Labute approximate surface area is 203 Å². The number of fused-ring (bicyclic) bond motifs is 4. The van der Waals surface area contributed by atoms with Crippen LogP contribution in [0.15, 0.2) is 84.9 Å². The molecule has 4 aromatic rings. The molecule has 4 N–H and O–H groups in total. The molecule has 0 heterocycles. The molecule has 0 aliphatic heterocycles. The van der Waals surface area contributed by atoms with Crippen molar-refractivity contribution in [2.45, 2.75) is 24.5 Å². The van der Waals surface area contributed by atoms with E-state index in [4.69, 9.17) is 4.74 Å². The van der Waals surface area contributed by atoms with Gasteiger partial charge in [-0.2, -0.15) is 0 Å². The Kier molecular flexibility index (Phi) is 6.40. The van der Waals surface area contributed by atoms with Crippen LogP contribution in [0.5, 0.6) is 5.75 Å². The van der Waals surface area contributed by atoms with Crippen molar-refractivity contribution < 1.29 is 24.9 Å². The number of phenolic OH excluding ortho intramolecular Hbond substituents is 1. The van der Waals surface area contributed by atoms with Gasteiger partial charge in [0.25, 0.3) is 0 Å². The van der Waals surface area contributed by atoms with Crippen LogP contribution in [0.2, 0.25) is 0 Å². The Morgan fingerprint density at radius 1 is 0.857 bits per heavy atom. The highest BCUT2D eigenvalue weighted by Crippen LogP contribution is 2.44. The van der Waals surface area contributed by atoms with E-state index < -0.39 is 18.3 Å². The monoisotopic (exact) mass is 469 g/mol. The lowest BCUT2D eigenvalue weighted by molar-refractivity contribution is 0.0137. The smallest absolute Gasteiger partial charge is 0.407 e. The van der Waals surface area contributed by atoms with E-state index in [9.17, 15) is 20.1 Å². The van der Waals surface area contributed by atoms with Gasteiger partial charge in [0, 0.05) is 12.5 Å². The van der Waals surface area contributed by atoms with Gasteiger partial charge in [-0.1, -0.05) is 66.7 Å². The topological polar surface area (TPSA) is 99.0 Å². The van der Waals surface area contributed by atoms with Gasteiger partial charge in [0.15, 0.2) is 0 Å². The molecule has 0 saturated carbocycles. The second kappa shape index (κ2) is 9.78. The van der Waals surface area contributed by atoms with Crippen LogP contribution in [0.4, 0.5) is 4.79 Å². The largest absolute Gasteiger partial charge is 0.508 e. The number of phenols is 1. The number of alkyl carbamates (subject to hydrolysis) is 1. The second-order valence-corrected chi connectivity index (χ2v) is 8.84. The van der Waals surface area contributed by atoms with Crippen LogP contribution >= 0.6 is 0 Å². The minimum atomic E-state index is -1.12. The first kappa shape index (κ1) is 22.9. The van der Waals surface area contributed by atoms with E-state index in [1.165, 1.54) is 0 Å². The van der Waals surface area contributed by atoms with Crippen LogP contribution in [-0.4, -0.2) is 40.7 Å². The second-order valence-electron chi connectivity index (χ2n) is 8.84. The average molecular weight is 470 g/mol. The predicted molar refractivity (Wildman–Crippen MR) is 134 cm³/mol. The molecule has 0 radical (unpaired) electrons. The highest BCUT2D eigenvalue weighted by atomic mass is 16.5. The summed E-state index contributed by atoms with van der Waals surface area (Å²) in [5.74, 6) is 0.116. The molecule has 35 heavy (non-hydrogen) atoms. The first-order valence-corrected chi connectivity index (χ1v) is 11.7. The fourth-order valence-electron chi connectivity index (χ4n) is 4.79. The summed E-state index contributed by atoms with van der Waals surface area (Å²) in [6.45, 7) is 0.373. The van der Waals surface area contributed by atoms with E-state index in [0.717, 1.165) is 33.0 Å². The number of carbonyl (C=O) groups is 1. The fourth-order valence-corrected chi connectivity index (χ4v) is 4.79. The van der Waals surface area contributed by atoms with Crippen molar-refractivity contribution in [1.82, 2.24) is 5.32 Å². The molecule has 0 saturated heterocycles. The lowest BCUT2D eigenvalue weighted by atomic mass is 9.98. The van der Waals surface area contributed by atoms with Crippen LogP contribution < -0.4 is 5.32 Å².